The van der Waals surface area contributed by atoms with Crippen molar-refractivity contribution in [3.63, 3.8) is 0 Å². The largest absolute Gasteiger partial charge is 0.496 e. The molecule has 1 aliphatic heterocycles. The molecule has 0 saturated heterocycles. The first-order valence-electron chi connectivity index (χ1n) is 11.0. The Morgan fingerprint density at radius 3 is 2.47 bits per heavy atom. The summed E-state index contributed by atoms with van der Waals surface area (Å²) in [6.45, 7) is 5.98. The summed E-state index contributed by atoms with van der Waals surface area (Å²) < 4.78 is 10.9. The first-order valence-corrected chi connectivity index (χ1v) is 11.0. The number of para-hydroxylation sites is 1. The maximum absolute atomic E-state index is 13.6. The molecule has 5 nitrogen and oxygen atoms in total. The second-order valence-electron chi connectivity index (χ2n) is 8.39. The number of carbonyl (C=O) groups excluding carboxylic acids is 2. The number of aryl methyl sites for hydroxylation is 1. The van der Waals surface area contributed by atoms with E-state index in [2.05, 4.69) is 5.32 Å². The van der Waals surface area contributed by atoms with Gasteiger partial charge in [-0.3, -0.25) is 4.79 Å². The second-order valence-corrected chi connectivity index (χ2v) is 8.39. The normalized spacial score (nSPS) is 20.6. The number of ether oxygens (including phenoxy) is 2. The van der Waals surface area contributed by atoms with Crippen LogP contribution in [0.15, 0.2) is 71.1 Å². The molecule has 0 saturated carbocycles. The standard InChI is InChI=1S/C27H29NO4/c1-5-32-27(30)24-17(3)28-21-14-19(20-8-6-7-9-23(20)31-4)15-22(29)26(21)25(24)18-12-10-16(2)11-13-18/h6-13,19,25,28H,5,14-15H2,1-4H3. The summed E-state index contributed by atoms with van der Waals surface area (Å²) in [4.78, 5) is 26.5. The van der Waals surface area contributed by atoms with Crippen molar-refractivity contribution in [3.8, 4) is 5.75 Å². The van der Waals surface area contributed by atoms with E-state index in [-0.39, 0.29) is 24.3 Å². The van der Waals surface area contributed by atoms with Crippen molar-refractivity contribution in [2.75, 3.05) is 13.7 Å². The Hall–Kier alpha value is -3.34. The van der Waals surface area contributed by atoms with Crippen LogP contribution in [0.2, 0.25) is 0 Å². The lowest BCUT2D eigenvalue weighted by atomic mass is 9.71. The molecule has 0 spiro atoms. The predicted octanol–water partition coefficient (Wildman–Crippen LogP) is 4.93. The average molecular weight is 432 g/mol. The van der Waals surface area contributed by atoms with E-state index in [9.17, 15) is 9.59 Å². The molecule has 0 fully saturated rings. The van der Waals surface area contributed by atoms with Crippen LogP contribution < -0.4 is 10.1 Å². The fraction of sp³-hybridized carbons (Fsp3) is 0.333. The predicted molar refractivity (Wildman–Crippen MR) is 123 cm³/mol. The van der Waals surface area contributed by atoms with Crippen molar-refractivity contribution in [1.29, 1.82) is 0 Å². The number of hydrogen-bond donors (Lipinski definition) is 1. The molecule has 0 bridgehead atoms. The summed E-state index contributed by atoms with van der Waals surface area (Å²) >= 11 is 0. The highest BCUT2D eigenvalue weighted by atomic mass is 16.5. The van der Waals surface area contributed by atoms with Gasteiger partial charge in [-0.1, -0.05) is 48.0 Å². The van der Waals surface area contributed by atoms with E-state index in [0.717, 1.165) is 33.8 Å². The molecule has 2 atom stereocenters. The molecule has 1 N–H and O–H groups in total. The molecular formula is C27H29NO4. The Morgan fingerprint density at radius 2 is 1.78 bits per heavy atom. The summed E-state index contributed by atoms with van der Waals surface area (Å²) in [6.07, 6.45) is 1.05. The molecular weight excluding hydrogens is 402 g/mol. The van der Waals surface area contributed by atoms with Gasteiger partial charge in [0.15, 0.2) is 5.78 Å². The Morgan fingerprint density at radius 1 is 1.06 bits per heavy atom. The Labute approximate surface area is 189 Å². The van der Waals surface area contributed by atoms with Gasteiger partial charge in [-0.25, -0.2) is 4.79 Å². The van der Waals surface area contributed by atoms with Gasteiger partial charge in [0.2, 0.25) is 0 Å². The lowest BCUT2D eigenvalue weighted by Gasteiger charge is -2.37. The van der Waals surface area contributed by atoms with E-state index in [0.29, 0.717) is 24.0 Å². The summed E-state index contributed by atoms with van der Waals surface area (Å²) in [6, 6.07) is 15.9. The lowest BCUT2D eigenvalue weighted by Crippen LogP contribution is -2.36. The number of carbonyl (C=O) groups is 2. The maximum Gasteiger partial charge on any atom is 0.336 e. The van der Waals surface area contributed by atoms with Crippen LogP contribution in [0.4, 0.5) is 0 Å². The van der Waals surface area contributed by atoms with Gasteiger partial charge in [-0.05, 0) is 44.4 Å². The molecule has 1 heterocycles. The number of dihydropyridines is 1. The SMILES string of the molecule is CCOC(=O)C1=C(C)NC2=C(C(=O)CC(c3ccccc3OC)C2)C1c1ccc(C)cc1. The van der Waals surface area contributed by atoms with Gasteiger partial charge < -0.3 is 14.8 Å². The van der Waals surface area contributed by atoms with Gasteiger partial charge in [0.25, 0.3) is 0 Å². The topological polar surface area (TPSA) is 64.6 Å². The summed E-state index contributed by atoms with van der Waals surface area (Å²) in [5.41, 5.74) is 5.89. The molecule has 2 unspecified atom stereocenters. The Kier molecular flexibility index (Phi) is 6.17. The Bertz CT molecular complexity index is 1110. The third-order valence-corrected chi connectivity index (χ3v) is 6.31. The van der Waals surface area contributed by atoms with Crippen LogP contribution in [0.1, 0.15) is 55.2 Å². The van der Waals surface area contributed by atoms with Crippen LogP contribution in [-0.2, 0) is 14.3 Å². The van der Waals surface area contributed by atoms with Crippen molar-refractivity contribution >= 4 is 11.8 Å². The first-order chi connectivity index (χ1) is 15.4. The van der Waals surface area contributed by atoms with Crippen molar-refractivity contribution in [3.05, 3.63) is 87.8 Å². The van der Waals surface area contributed by atoms with Crippen LogP contribution in [0.5, 0.6) is 5.75 Å². The highest BCUT2D eigenvalue weighted by molar-refractivity contribution is 6.04. The molecule has 0 aromatic heterocycles. The molecule has 32 heavy (non-hydrogen) atoms. The monoisotopic (exact) mass is 431 g/mol. The number of hydrogen-bond acceptors (Lipinski definition) is 5. The maximum atomic E-state index is 13.6. The third-order valence-electron chi connectivity index (χ3n) is 6.31. The van der Waals surface area contributed by atoms with E-state index < -0.39 is 5.92 Å². The zero-order valence-corrected chi connectivity index (χ0v) is 19.0. The lowest BCUT2D eigenvalue weighted by molar-refractivity contribution is -0.138. The molecule has 5 heteroatoms. The number of rotatable bonds is 5. The second kappa shape index (κ2) is 9.03. The number of benzene rings is 2. The molecule has 4 rings (SSSR count). The minimum absolute atomic E-state index is 0.0144. The van der Waals surface area contributed by atoms with E-state index in [4.69, 9.17) is 9.47 Å². The summed E-state index contributed by atoms with van der Waals surface area (Å²) in [5, 5.41) is 3.38. The molecule has 0 amide bonds. The summed E-state index contributed by atoms with van der Waals surface area (Å²) in [5.74, 6) is 0.0426. The zero-order chi connectivity index (χ0) is 22.8. The van der Waals surface area contributed by atoms with E-state index in [1.165, 1.54) is 0 Å². The highest BCUT2D eigenvalue weighted by Gasteiger charge is 2.41. The quantitative estimate of drug-likeness (QED) is 0.680. The van der Waals surface area contributed by atoms with Gasteiger partial charge in [0.05, 0.1) is 19.3 Å². The molecule has 2 aromatic rings. The number of allylic oxidation sites excluding steroid dienone is 3. The van der Waals surface area contributed by atoms with Gasteiger partial charge in [0, 0.05) is 35.2 Å². The molecule has 0 radical (unpaired) electrons. The van der Waals surface area contributed by atoms with E-state index in [1.807, 2.05) is 62.4 Å². The van der Waals surface area contributed by atoms with E-state index in [1.54, 1.807) is 14.0 Å². The number of ketones is 1. The summed E-state index contributed by atoms with van der Waals surface area (Å²) in [7, 11) is 1.65. The number of Topliss-reactive ketones (excluding diaryl/α,β-unsaturated/α-hetero) is 1. The average Bonchev–Trinajstić information content (AvgIpc) is 2.78. The minimum atomic E-state index is -0.433. The molecule has 166 valence electrons. The van der Waals surface area contributed by atoms with Crippen LogP contribution in [0, 0.1) is 6.92 Å². The van der Waals surface area contributed by atoms with Crippen LogP contribution in [0.3, 0.4) is 0 Å². The minimum Gasteiger partial charge on any atom is -0.496 e. The van der Waals surface area contributed by atoms with Crippen molar-refractivity contribution < 1.29 is 19.1 Å². The fourth-order valence-corrected chi connectivity index (χ4v) is 4.83. The van der Waals surface area contributed by atoms with Crippen molar-refractivity contribution in [2.45, 2.75) is 45.4 Å². The first kappa shape index (κ1) is 21.9. The van der Waals surface area contributed by atoms with Crippen LogP contribution in [0.25, 0.3) is 0 Å². The fourth-order valence-electron chi connectivity index (χ4n) is 4.83. The zero-order valence-electron chi connectivity index (χ0n) is 19.0. The third kappa shape index (κ3) is 3.95. The van der Waals surface area contributed by atoms with Crippen molar-refractivity contribution in [1.82, 2.24) is 5.32 Å². The number of esters is 1. The highest BCUT2D eigenvalue weighted by Crippen LogP contribution is 2.46. The van der Waals surface area contributed by atoms with Crippen molar-refractivity contribution in [2.24, 2.45) is 0 Å². The van der Waals surface area contributed by atoms with Gasteiger partial charge in [-0.2, -0.15) is 0 Å². The van der Waals surface area contributed by atoms with Gasteiger partial charge in [-0.15, -0.1) is 0 Å². The number of nitrogens with one attached hydrogen (secondary N) is 1. The van der Waals surface area contributed by atoms with Crippen LogP contribution >= 0.6 is 0 Å². The van der Waals surface area contributed by atoms with Gasteiger partial charge >= 0.3 is 5.97 Å². The van der Waals surface area contributed by atoms with E-state index >= 15 is 0 Å². The molecule has 2 aliphatic rings. The smallest absolute Gasteiger partial charge is 0.336 e. The molecule has 2 aromatic carbocycles. The van der Waals surface area contributed by atoms with Crippen LogP contribution in [-0.4, -0.2) is 25.5 Å². The van der Waals surface area contributed by atoms with Gasteiger partial charge in [0.1, 0.15) is 5.75 Å². The number of methoxy groups -OCH3 is 1. The Balaban J connectivity index is 1.80. The molecule has 1 aliphatic carbocycles.